The average molecular weight is 715 g/mol. The molecular formula is C51H33BN3O. The predicted molar refractivity (Wildman–Crippen MR) is 231 cm³/mol. The van der Waals surface area contributed by atoms with Crippen LogP contribution < -0.4 is 16.2 Å². The molecular weight excluding hydrogens is 681 g/mol. The van der Waals surface area contributed by atoms with E-state index >= 15 is 0 Å². The van der Waals surface area contributed by atoms with Gasteiger partial charge < -0.3 is 14.3 Å². The van der Waals surface area contributed by atoms with Crippen molar-refractivity contribution in [2.45, 2.75) is 12.3 Å². The number of hydrogen-bond acceptors (Lipinski definition) is 3. The third-order valence-corrected chi connectivity index (χ3v) is 12.0. The maximum Gasteiger partial charge on any atom is 0.227 e. The van der Waals surface area contributed by atoms with Crippen LogP contribution in [0.25, 0.3) is 61.2 Å². The van der Waals surface area contributed by atoms with Gasteiger partial charge in [0.1, 0.15) is 5.52 Å². The van der Waals surface area contributed by atoms with Gasteiger partial charge in [0.15, 0.2) is 12.9 Å². The number of fused-ring (bicyclic) bond motifs is 8. The minimum absolute atomic E-state index is 0.549. The van der Waals surface area contributed by atoms with E-state index in [0.717, 1.165) is 39.2 Å². The van der Waals surface area contributed by atoms with E-state index in [1.165, 1.54) is 66.2 Å². The molecule has 0 aliphatic carbocycles. The first-order valence-electron chi connectivity index (χ1n) is 19.2. The SMILES string of the molecule is Cc1cc(-c2cccc3c2Nc2ccccc2C3(c2ccccc2)c2ccccc2)c2c3c1c1ccccc1n3-c1cc3oc(-c4ccccc4)nc3cc1[B]2. The van der Waals surface area contributed by atoms with Gasteiger partial charge in [0.05, 0.1) is 16.6 Å². The van der Waals surface area contributed by atoms with E-state index in [2.05, 4.69) is 170 Å². The molecule has 0 spiro atoms. The molecule has 0 amide bonds. The summed E-state index contributed by atoms with van der Waals surface area (Å²) in [5.74, 6) is 0.627. The van der Waals surface area contributed by atoms with Gasteiger partial charge >= 0.3 is 0 Å². The van der Waals surface area contributed by atoms with Gasteiger partial charge in [-0.05, 0) is 76.1 Å². The van der Waals surface area contributed by atoms with Crippen LogP contribution in [0.4, 0.5) is 11.4 Å². The quantitative estimate of drug-likeness (QED) is 0.185. The number of nitrogens with zero attached hydrogens (tertiary/aromatic N) is 2. The lowest BCUT2D eigenvalue weighted by atomic mass is 9.58. The fraction of sp³-hybridized carbons (Fsp3) is 0.0392. The number of benzene rings is 8. The first kappa shape index (κ1) is 31.3. The zero-order valence-electron chi connectivity index (χ0n) is 30.6. The van der Waals surface area contributed by atoms with Crippen LogP contribution >= 0.6 is 0 Å². The average Bonchev–Trinajstić information content (AvgIpc) is 3.84. The Morgan fingerprint density at radius 3 is 2.11 bits per heavy atom. The molecule has 1 radical (unpaired) electrons. The highest BCUT2D eigenvalue weighted by Gasteiger charge is 2.45. The zero-order chi connectivity index (χ0) is 37.0. The monoisotopic (exact) mass is 714 g/mol. The third kappa shape index (κ3) is 4.23. The Balaban J connectivity index is 1.15. The van der Waals surface area contributed by atoms with E-state index in [9.17, 15) is 0 Å². The molecule has 2 aliphatic rings. The van der Waals surface area contributed by atoms with Gasteiger partial charge in [-0.1, -0.05) is 145 Å². The molecule has 4 nitrogen and oxygen atoms in total. The summed E-state index contributed by atoms with van der Waals surface area (Å²) < 4.78 is 8.90. The van der Waals surface area contributed by atoms with E-state index in [1.54, 1.807) is 0 Å². The van der Waals surface area contributed by atoms with Crippen LogP contribution in [-0.2, 0) is 5.41 Å². The van der Waals surface area contributed by atoms with E-state index in [4.69, 9.17) is 9.40 Å². The third-order valence-electron chi connectivity index (χ3n) is 12.0. The Labute approximate surface area is 325 Å². The van der Waals surface area contributed by atoms with Crippen molar-refractivity contribution in [3.05, 3.63) is 204 Å². The second-order valence-electron chi connectivity index (χ2n) is 15.0. The molecule has 12 rings (SSSR count). The van der Waals surface area contributed by atoms with Crippen LogP contribution in [0, 0.1) is 6.92 Å². The van der Waals surface area contributed by atoms with Gasteiger partial charge in [0, 0.05) is 44.9 Å². The minimum Gasteiger partial charge on any atom is -0.436 e. The molecule has 2 aromatic heterocycles. The van der Waals surface area contributed by atoms with Crippen LogP contribution in [-0.4, -0.2) is 16.8 Å². The highest BCUT2D eigenvalue weighted by Crippen LogP contribution is 2.55. The van der Waals surface area contributed by atoms with Crippen LogP contribution in [0.15, 0.2) is 180 Å². The molecule has 0 atom stereocenters. The Kier molecular flexibility index (Phi) is 6.53. The van der Waals surface area contributed by atoms with Gasteiger partial charge in [-0.15, -0.1) is 0 Å². The zero-order valence-corrected chi connectivity index (χ0v) is 30.6. The second-order valence-corrected chi connectivity index (χ2v) is 15.0. The molecule has 56 heavy (non-hydrogen) atoms. The first-order valence-corrected chi connectivity index (χ1v) is 19.2. The molecule has 0 unspecified atom stereocenters. The summed E-state index contributed by atoms with van der Waals surface area (Å²) in [7, 11) is 2.37. The number of oxazole rings is 1. The fourth-order valence-corrected chi connectivity index (χ4v) is 9.74. The smallest absolute Gasteiger partial charge is 0.227 e. The topological polar surface area (TPSA) is 43.0 Å². The number of nitrogens with one attached hydrogen (secondary N) is 1. The normalized spacial score (nSPS) is 13.5. The largest absolute Gasteiger partial charge is 0.436 e. The fourth-order valence-electron chi connectivity index (χ4n) is 9.74. The molecule has 0 bridgehead atoms. The lowest BCUT2D eigenvalue weighted by molar-refractivity contribution is 0.619. The molecule has 10 aromatic rings. The molecule has 0 saturated heterocycles. The first-order chi connectivity index (χ1) is 27.7. The summed E-state index contributed by atoms with van der Waals surface area (Å²) in [5.41, 5.74) is 18.6. The van der Waals surface area contributed by atoms with Crippen LogP contribution in [0.3, 0.4) is 0 Å². The van der Waals surface area contributed by atoms with Crippen molar-refractivity contribution in [3.63, 3.8) is 0 Å². The number of para-hydroxylation sites is 3. The molecule has 0 saturated carbocycles. The number of rotatable bonds is 4. The van der Waals surface area contributed by atoms with E-state index in [0.29, 0.717) is 5.89 Å². The lowest BCUT2D eigenvalue weighted by Crippen LogP contribution is -2.38. The number of aryl methyl sites for hydroxylation is 1. The van der Waals surface area contributed by atoms with E-state index in [-0.39, 0.29) is 0 Å². The van der Waals surface area contributed by atoms with Gasteiger partial charge in [0.2, 0.25) is 5.89 Å². The van der Waals surface area contributed by atoms with Gasteiger partial charge in [-0.2, -0.15) is 0 Å². The Morgan fingerprint density at radius 2 is 1.32 bits per heavy atom. The summed E-state index contributed by atoms with van der Waals surface area (Å²) in [6.45, 7) is 2.26. The highest BCUT2D eigenvalue weighted by atomic mass is 16.3. The summed E-state index contributed by atoms with van der Waals surface area (Å²) in [5, 5.41) is 6.51. The number of hydrogen-bond donors (Lipinski definition) is 1. The molecule has 0 fully saturated rings. The van der Waals surface area contributed by atoms with Crippen molar-refractivity contribution < 1.29 is 4.42 Å². The van der Waals surface area contributed by atoms with Crippen molar-refractivity contribution in [2.24, 2.45) is 0 Å². The van der Waals surface area contributed by atoms with Crippen molar-refractivity contribution >= 4 is 62.5 Å². The highest BCUT2D eigenvalue weighted by molar-refractivity contribution is 6.73. The molecule has 8 aromatic carbocycles. The standard InChI is InChI=1S/C51H33BN3O/c1-31-28-37(35-23-15-25-39-48(35)53-41-26-13-12-24-38(41)51(39,33-18-7-3-8-19-33)34-20-9-4-10-21-34)47-49-46(31)36-22-11-14-27-43(36)55(49)44-30-45-42(29-40(44)52-47)54-50(56-45)32-16-5-2-6-17-32/h2-30,53H,1H3. The second kappa shape index (κ2) is 11.7. The Hall–Kier alpha value is -7.11. The molecule has 2 aliphatic heterocycles. The van der Waals surface area contributed by atoms with Crippen LogP contribution in [0.1, 0.15) is 27.8 Å². The Bertz CT molecular complexity index is 3160. The minimum atomic E-state index is -0.549. The van der Waals surface area contributed by atoms with Crippen LogP contribution in [0.5, 0.6) is 0 Å². The summed E-state index contributed by atoms with van der Waals surface area (Å²) in [4.78, 5) is 4.99. The van der Waals surface area contributed by atoms with Crippen molar-refractivity contribution in [1.82, 2.24) is 9.55 Å². The van der Waals surface area contributed by atoms with E-state index < -0.39 is 5.41 Å². The number of aromatic nitrogens is 2. The summed E-state index contributed by atoms with van der Waals surface area (Å²) >= 11 is 0. The molecule has 4 heterocycles. The maximum absolute atomic E-state index is 6.45. The molecule has 5 heteroatoms. The summed E-state index contributed by atoms with van der Waals surface area (Å²) in [6, 6.07) is 63.4. The Morgan fingerprint density at radius 1 is 0.643 bits per heavy atom. The van der Waals surface area contributed by atoms with Crippen molar-refractivity contribution in [1.29, 1.82) is 0 Å². The molecule has 261 valence electrons. The van der Waals surface area contributed by atoms with E-state index in [1.807, 2.05) is 30.3 Å². The van der Waals surface area contributed by atoms with Crippen molar-refractivity contribution in [3.8, 4) is 28.3 Å². The predicted octanol–water partition coefficient (Wildman–Crippen LogP) is 11.0. The maximum atomic E-state index is 6.45. The van der Waals surface area contributed by atoms with Gasteiger partial charge in [0.25, 0.3) is 0 Å². The lowest BCUT2D eigenvalue weighted by Gasteiger charge is -2.43. The van der Waals surface area contributed by atoms with Crippen molar-refractivity contribution in [2.75, 3.05) is 5.32 Å². The molecule has 1 N–H and O–H groups in total. The summed E-state index contributed by atoms with van der Waals surface area (Å²) in [6.07, 6.45) is 0. The van der Waals surface area contributed by atoms with Crippen LogP contribution in [0.2, 0.25) is 0 Å². The number of anilines is 2. The van der Waals surface area contributed by atoms with Gasteiger partial charge in [-0.3, -0.25) is 0 Å². The van der Waals surface area contributed by atoms with Gasteiger partial charge in [-0.25, -0.2) is 4.98 Å².